The largest absolute Gasteiger partial charge is 0.493 e. The molecule has 0 saturated heterocycles. The summed E-state index contributed by atoms with van der Waals surface area (Å²) in [7, 11) is 0. The van der Waals surface area contributed by atoms with Gasteiger partial charge in [0, 0.05) is 6.42 Å². The van der Waals surface area contributed by atoms with E-state index < -0.39 is 0 Å². The number of hydrogen-bond acceptors (Lipinski definition) is 2. The van der Waals surface area contributed by atoms with Crippen LogP contribution in [-0.2, 0) is 6.42 Å². The molecule has 0 spiro atoms. The fourth-order valence-corrected chi connectivity index (χ4v) is 3.41. The lowest BCUT2D eigenvalue weighted by Crippen LogP contribution is -2.28. The smallest absolute Gasteiger partial charge is 0.122 e. The van der Waals surface area contributed by atoms with Crippen LogP contribution in [-0.4, -0.2) is 11.7 Å². The van der Waals surface area contributed by atoms with Crippen molar-refractivity contribution in [2.24, 2.45) is 5.41 Å². The van der Waals surface area contributed by atoms with Crippen molar-refractivity contribution in [3.8, 4) is 5.75 Å². The monoisotopic (exact) mass is 246 g/mol. The van der Waals surface area contributed by atoms with E-state index >= 15 is 0 Å². The van der Waals surface area contributed by atoms with Crippen LogP contribution >= 0.6 is 0 Å². The van der Waals surface area contributed by atoms with Gasteiger partial charge in [0.1, 0.15) is 5.75 Å². The van der Waals surface area contributed by atoms with Crippen LogP contribution in [0, 0.1) is 5.41 Å². The highest BCUT2D eigenvalue weighted by molar-refractivity contribution is 5.40. The molecule has 0 amide bonds. The molecule has 1 heterocycles. The highest BCUT2D eigenvalue weighted by Gasteiger charge is 2.35. The highest BCUT2D eigenvalue weighted by atomic mass is 16.5. The lowest BCUT2D eigenvalue weighted by molar-refractivity contribution is 0.00815. The summed E-state index contributed by atoms with van der Waals surface area (Å²) in [6.07, 6.45) is 6.75. The van der Waals surface area contributed by atoms with E-state index in [1.807, 2.05) is 12.1 Å². The van der Waals surface area contributed by atoms with E-state index in [2.05, 4.69) is 13.0 Å². The summed E-state index contributed by atoms with van der Waals surface area (Å²) in [4.78, 5) is 0. The first-order valence-corrected chi connectivity index (χ1v) is 7.13. The number of benzene rings is 1. The number of hydrogen-bond donors (Lipinski definition) is 1. The van der Waals surface area contributed by atoms with Crippen LogP contribution in [0.2, 0.25) is 0 Å². The van der Waals surface area contributed by atoms with Crippen LogP contribution in [0.5, 0.6) is 5.75 Å². The quantitative estimate of drug-likeness (QED) is 0.863. The van der Waals surface area contributed by atoms with E-state index in [1.54, 1.807) is 0 Å². The summed E-state index contributed by atoms with van der Waals surface area (Å²) in [6.45, 7) is 3.02. The van der Waals surface area contributed by atoms with E-state index in [9.17, 15) is 5.11 Å². The van der Waals surface area contributed by atoms with Gasteiger partial charge in [0.2, 0.25) is 0 Å². The number of aliphatic hydroxyl groups is 1. The van der Waals surface area contributed by atoms with Crippen LogP contribution in [0.25, 0.3) is 0 Å². The molecule has 2 aliphatic rings. The standard InChI is InChI=1S/C16H22O2/c1-16(8-3-2-4-9-16)15(17)13-5-6-14-12(11-13)7-10-18-14/h5-6,11,15,17H,2-4,7-10H2,1H3. The van der Waals surface area contributed by atoms with Crippen molar-refractivity contribution in [3.05, 3.63) is 29.3 Å². The molecule has 1 unspecified atom stereocenters. The summed E-state index contributed by atoms with van der Waals surface area (Å²) < 4.78 is 5.52. The zero-order valence-electron chi connectivity index (χ0n) is 11.1. The van der Waals surface area contributed by atoms with Crippen molar-refractivity contribution in [1.29, 1.82) is 0 Å². The third-order valence-electron chi connectivity index (χ3n) is 4.69. The summed E-state index contributed by atoms with van der Waals surface area (Å²) in [5.74, 6) is 1.000. The maximum atomic E-state index is 10.7. The predicted octanol–water partition coefficient (Wildman–Crippen LogP) is 3.63. The zero-order chi connectivity index (χ0) is 12.6. The molecule has 1 saturated carbocycles. The molecule has 3 rings (SSSR count). The molecule has 1 fully saturated rings. The third-order valence-corrected chi connectivity index (χ3v) is 4.69. The molecule has 2 nitrogen and oxygen atoms in total. The first-order valence-electron chi connectivity index (χ1n) is 7.13. The lowest BCUT2D eigenvalue weighted by Gasteiger charge is -2.38. The molecule has 1 aliphatic heterocycles. The summed E-state index contributed by atoms with van der Waals surface area (Å²) in [5.41, 5.74) is 2.39. The summed E-state index contributed by atoms with van der Waals surface area (Å²) in [6, 6.07) is 6.20. The minimum atomic E-state index is -0.330. The number of ether oxygens (including phenoxy) is 1. The second-order valence-electron chi connectivity index (χ2n) is 6.08. The second kappa shape index (κ2) is 4.58. The van der Waals surface area contributed by atoms with Gasteiger partial charge >= 0.3 is 0 Å². The van der Waals surface area contributed by atoms with Gasteiger partial charge in [-0.25, -0.2) is 0 Å². The molecule has 98 valence electrons. The SMILES string of the molecule is CC1(C(O)c2ccc3c(c2)CCO3)CCCCC1. The molecule has 0 bridgehead atoms. The Labute approximate surface area is 109 Å². The average Bonchev–Trinajstić information content (AvgIpc) is 2.86. The normalized spacial score (nSPS) is 23.2. The molecule has 2 heteroatoms. The van der Waals surface area contributed by atoms with Gasteiger partial charge in [-0.2, -0.15) is 0 Å². The van der Waals surface area contributed by atoms with Crippen molar-refractivity contribution < 1.29 is 9.84 Å². The van der Waals surface area contributed by atoms with Crippen molar-refractivity contribution in [2.75, 3.05) is 6.61 Å². The van der Waals surface area contributed by atoms with Crippen LogP contribution in [0.15, 0.2) is 18.2 Å². The van der Waals surface area contributed by atoms with Crippen molar-refractivity contribution >= 4 is 0 Å². The van der Waals surface area contributed by atoms with E-state index in [0.29, 0.717) is 0 Å². The Balaban J connectivity index is 1.85. The predicted molar refractivity (Wildman–Crippen MR) is 71.8 cm³/mol. The van der Waals surface area contributed by atoms with Crippen molar-refractivity contribution in [1.82, 2.24) is 0 Å². The molecular weight excluding hydrogens is 224 g/mol. The van der Waals surface area contributed by atoms with Crippen molar-refractivity contribution in [3.63, 3.8) is 0 Å². The van der Waals surface area contributed by atoms with Gasteiger partial charge < -0.3 is 9.84 Å². The fraction of sp³-hybridized carbons (Fsp3) is 0.625. The van der Waals surface area contributed by atoms with E-state index in [4.69, 9.17) is 4.74 Å². The minimum absolute atomic E-state index is 0.0615. The van der Waals surface area contributed by atoms with Gasteiger partial charge in [-0.3, -0.25) is 0 Å². The molecule has 1 aromatic carbocycles. The van der Waals surface area contributed by atoms with Crippen LogP contribution < -0.4 is 4.74 Å². The number of rotatable bonds is 2. The molecule has 1 aliphatic carbocycles. The van der Waals surface area contributed by atoms with Crippen LogP contribution in [0.3, 0.4) is 0 Å². The van der Waals surface area contributed by atoms with E-state index in [-0.39, 0.29) is 11.5 Å². The fourth-order valence-electron chi connectivity index (χ4n) is 3.41. The Morgan fingerprint density at radius 3 is 2.78 bits per heavy atom. The molecule has 1 atom stereocenters. The van der Waals surface area contributed by atoms with Gasteiger partial charge in [0.15, 0.2) is 0 Å². The Kier molecular flexibility index (Phi) is 3.06. The minimum Gasteiger partial charge on any atom is -0.493 e. The van der Waals surface area contributed by atoms with Crippen LogP contribution in [0.4, 0.5) is 0 Å². The maximum absolute atomic E-state index is 10.7. The molecule has 1 aromatic rings. The molecule has 18 heavy (non-hydrogen) atoms. The van der Waals surface area contributed by atoms with Crippen molar-refractivity contribution in [2.45, 2.75) is 51.6 Å². The Morgan fingerprint density at radius 1 is 1.22 bits per heavy atom. The third kappa shape index (κ3) is 2.03. The first-order chi connectivity index (χ1) is 8.69. The van der Waals surface area contributed by atoms with Gasteiger partial charge in [-0.15, -0.1) is 0 Å². The molecule has 0 radical (unpaired) electrons. The Morgan fingerprint density at radius 2 is 2.00 bits per heavy atom. The molecule has 1 N–H and O–H groups in total. The Bertz CT molecular complexity index is 433. The second-order valence-corrected chi connectivity index (χ2v) is 6.08. The topological polar surface area (TPSA) is 29.5 Å². The van der Waals surface area contributed by atoms with Gasteiger partial charge in [0.05, 0.1) is 12.7 Å². The van der Waals surface area contributed by atoms with E-state index in [1.165, 1.54) is 24.8 Å². The zero-order valence-corrected chi connectivity index (χ0v) is 11.1. The average molecular weight is 246 g/mol. The molecular formula is C16H22O2. The lowest BCUT2D eigenvalue weighted by atomic mass is 9.70. The van der Waals surface area contributed by atoms with Gasteiger partial charge in [-0.1, -0.05) is 32.3 Å². The van der Waals surface area contributed by atoms with E-state index in [0.717, 1.165) is 37.2 Å². The first kappa shape index (κ1) is 12.0. The maximum Gasteiger partial charge on any atom is 0.122 e. The van der Waals surface area contributed by atoms with Gasteiger partial charge in [-0.05, 0) is 41.5 Å². The molecule has 0 aromatic heterocycles. The Hall–Kier alpha value is -1.02. The van der Waals surface area contributed by atoms with Gasteiger partial charge in [0.25, 0.3) is 0 Å². The number of aliphatic hydroxyl groups excluding tert-OH is 1. The highest BCUT2D eigenvalue weighted by Crippen LogP contribution is 2.46. The summed E-state index contributed by atoms with van der Waals surface area (Å²) in [5, 5.41) is 10.7. The van der Waals surface area contributed by atoms with Crippen LogP contribution in [0.1, 0.15) is 56.3 Å². The number of fused-ring (bicyclic) bond motifs is 1. The summed E-state index contributed by atoms with van der Waals surface area (Å²) >= 11 is 0.